The van der Waals surface area contributed by atoms with E-state index >= 15 is 0 Å². The largest absolute Gasteiger partial charge is 0.484 e. The van der Waals surface area contributed by atoms with Crippen LogP contribution < -0.4 is 10.2 Å². The van der Waals surface area contributed by atoms with Gasteiger partial charge in [0, 0.05) is 23.8 Å². The van der Waals surface area contributed by atoms with Crippen LogP contribution in [-0.2, 0) is 11.2 Å². The van der Waals surface area contributed by atoms with Gasteiger partial charge in [-0.15, -0.1) is 11.3 Å². The molecule has 0 aliphatic rings. The molecule has 0 unspecified atom stereocenters. The third-order valence-corrected chi connectivity index (χ3v) is 7.19. The van der Waals surface area contributed by atoms with E-state index in [1.807, 2.05) is 19.1 Å². The van der Waals surface area contributed by atoms with Crippen molar-refractivity contribution in [2.24, 2.45) is 5.10 Å². The maximum Gasteiger partial charge on any atom is 0.283 e. The van der Waals surface area contributed by atoms with Gasteiger partial charge in [0.1, 0.15) is 5.75 Å². The Morgan fingerprint density at radius 1 is 1.11 bits per heavy atom. The number of aromatic nitrogens is 1. The summed E-state index contributed by atoms with van der Waals surface area (Å²) in [6, 6.07) is 16.3. The normalized spacial score (nSPS) is 11.1. The second-order valence-corrected chi connectivity index (χ2v) is 9.87. The molecule has 0 spiro atoms. The van der Waals surface area contributed by atoms with Crippen molar-refractivity contribution in [3.8, 4) is 5.75 Å². The maximum absolute atomic E-state index is 12.0. The lowest BCUT2D eigenvalue weighted by atomic mass is 10.2. The van der Waals surface area contributed by atoms with Crippen LogP contribution in [0.5, 0.6) is 5.75 Å². The molecule has 0 radical (unpaired) electrons. The van der Waals surface area contributed by atoms with Gasteiger partial charge in [0.15, 0.2) is 10.9 Å². The fourth-order valence-electron chi connectivity index (χ4n) is 3.17. The smallest absolute Gasteiger partial charge is 0.283 e. The molecule has 1 aromatic heterocycles. The zero-order valence-corrected chi connectivity index (χ0v) is 21.0. The van der Waals surface area contributed by atoms with E-state index in [-0.39, 0.29) is 18.0 Å². The Bertz CT molecular complexity index is 1500. The standard InChI is InChI=1S/C24H19N5O6S2/c1-2-15-3-7-18(8-4-15)35-14-23(30)27-25-13-16-5-10-21(20(11-16)29(33)34)36-24-26-19-9-6-17(28(31)32)12-22(19)37-24/h3-13H,2,14H2,1H3,(H,27,30)/b25-13-. The van der Waals surface area contributed by atoms with Crippen LogP contribution in [0.15, 0.2) is 75.0 Å². The monoisotopic (exact) mass is 537 g/mol. The second-order valence-electron chi connectivity index (χ2n) is 7.55. The predicted molar refractivity (Wildman–Crippen MR) is 141 cm³/mol. The summed E-state index contributed by atoms with van der Waals surface area (Å²) in [5, 5.41) is 26.5. The average Bonchev–Trinajstić information content (AvgIpc) is 3.30. The predicted octanol–water partition coefficient (Wildman–Crippen LogP) is 5.36. The summed E-state index contributed by atoms with van der Waals surface area (Å²) in [4.78, 5) is 38.4. The minimum Gasteiger partial charge on any atom is -0.484 e. The molecule has 0 atom stereocenters. The number of carbonyl (C=O) groups is 1. The lowest BCUT2D eigenvalue weighted by molar-refractivity contribution is -0.387. The Kier molecular flexibility index (Phi) is 8.05. The summed E-state index contributed by atoms with van der Waals surface area (Å²) in [5.41, 5.74) is 4.26. The van der Waals surface area contributed by atoms with Crippen molar-refractivity contribution in [1.29, 1.82) is 0 Å². The van der Waals surface area contributed by atoms with E-state index in [9.17, 15) is 25.0 Å². The van der Waals surface area contributed by atoms with Crippen molar-refractivity contribution < 1.29 is 19.4 Å². The van der Waals surface area contributed by atoms with Crippen molar-refractivity contribution >= 4 is 56.8 Å². The molecule has 188 valence electrons. The van der Waals surface area contributed by atoms with Crippen LogP contribution in [0.25, 0.3) is 10.2 Å². The van der Waals surface area contributed by atoms with Crippen LogP contribution in [0.4, 0.5) is 11.4 Å². The fraction of sp³-hybridized carbons (Fsp3) is 0.125. The van der Waals surface area contributed by atoms with Gasteiger partial charge in [-0.1, -0.05) is 36.9 Å². The number of nitrogens with zero attached hydrogens (tertiary/aromatic N) is 4. The van der Waals surface area contributed by atoms with Crippen molar-refractivity contribution in [3.05, 3.63) is 92.0 Å². The third-order valence-electron chi connectivity index (χ3n) is 5.04. The van der Waals surface area contributed by atoms with Gasteiger partial charge in [-0.25, -0.2) is 10.4 Å². The first kappa shape index (κ1) is 25.7. The van der Waals surface area contributed by atoms with Gasteiger partial charge in [-0.2, -0.15) is 5.10 Å². The number of hydrogen-bond donors (Lipinski definition) is 1. The van der Waals surface area contributed by atoms with Gasteiger partial charge in [-0.3, -0.25) is 25.0 Å². The Hall–Kier alpha value is -4.36. The summed E-state index contributed by atoms with van der Waals surface area (Å²) < 4.78 is 6.54. The topological polar surface area (TPSA) is 150 Å². The number of thiazole rings is 1. The highest BCUT2D eigenvalue weighted by Gasteiger charge is 2.18. The second kappa shape index (κ2) is 11.6. The number of aryl methyl sites for hydroxylation is 1. The van der Waals surface area contributed by atoms with Crippen LogP contribution >= 0.6 is 23.1 Å². The number of fused-ring (bicyclic) bond motifs is 1. The SMILES string of the molecule is CCc1ccc(OCC(=O)N/N=C\c2ccc(Sc3nc4ccc([N+](=O)[O-])cc4s3)c([N+](=O)[O-])c2)cc1. The van der Waals surface area contributed by atoms with Gasteiger partial charge in [0.25, 0.3) is 17.3 Å². The van der Waals surface area contributed by atoms with Crippen molar-refractivity contribution in [2.45, 2.75) is 22.6 Å². The summed E-state index contributed by atoms with van der Waals surface area (Å²) in [6.07, 6.45) is 2.20. The van der Waals surface area contributed by atoms with Crippen LogP contribution in [0, 0.1) is 20.2 Å². The van der Waals surface area contributed by atoms with E-state index in [1.54, 1.807) is 30.3 Å². The Morgan fingerprint density at radius 2 is 1.89 bits per heavy atom. The van der Waals surface area contributed by atoms with Gasteiger partial charge in [0.05, 0.1) is 31.2 Å². The molecule has 0 fully saturated rings. The van der Waals surface area contributed by atoms with E-state index < -0.39 is 15.8 Å². The first-order chi connectivity index (χ1) is 17.8. The van der Waals surface area contributed by atoms with Gasteiger partial charge in [0.2, 0.25) is 0 Å². The Morgan fingerprint density at radius 3 is 2.59 bits per heavy atom. The van der Waals surface area contributed by atoms with E-state index in [0.29, 0.717) is 30.8 Å². The first-order valence-electron chi connectivity index (χ1n) is 10.9. The number of nitrogens with one attached hydrogen (secondary N) is 1. The molecule has 1 amide bonds. The molecule has 0 aliphatic carbocycles. The third kappa shape index (κ3) is 6.65. The van der Waals surface area contributed by atoms with Crippen LogP contribution in [0.2, 0.25) is 0 Å². The Labute approximate surface area is 218 Å². The van der Waals surface area contributed by atoms with Gasteiger partial charge >= 0.3 is 0 Å². The molecule has 3 aromatic carbocycles. The zero-order valence-electron chi connectivity index (χ0n) is 19.3. The number of ether oxygens (including phenoxy) is 1. The number of hydrogen-bond acceptors (Lipinski definition) is 10. The van der Waals surface area contributed by atoms with Crippen molar-refractivity contribution in [1.82, 2.24) is 10.4 Å². The molecule has 0 saturated carbocycles. The van der Waals surface area contributed by atoms with Crippen LogP contribution in [-0.4, -0.2) is 33.6 Å². The molecule has 0 aliphatic heterocycles. The van der Waals surface area contributed by atoms with Crippen LogP contribution in [0.1, 0.15) is 18.1 Å². The number of amides is 1. The van der Waals surface area contributed by atoms with E-state index in [0.717, 1.165) is 23.7 Å². The lowest BCUT2D eigenvalue weighted by Gasteiger charge is -2.05. The molecule has 4 aromatic rings. The highest BCUT2D eigenvalue weighted by molar-refractivity contribution is 8.01. The minimum atomic E-state index is -0.520. The average molecular weight is 538 g/mol. The zero-order chi connectivity index (χ0) is 26.4. The number of hydrazone groups is 1. The van der Waals surface area contributed by atoms with Gasteiger partial charge in [-0.05, 0) is 36.2 Å². The highest BCUT2D eigenvalue weighted by atomic mass is 32.2. The molecule has 37 heavy (non-hydrogen) atoms. The molecule has 13 heteroatoms. The molecule has 1 N–H and O–H groups in total. The van der Waals surface area contributed by atoms with Crippen LogP contribution in [0.3, 0.4) is 0 Å². The molecule has 11 nitrogen and oxygen atoms in total. The summed E-state index contributed by atoms with van der Waals surface area (Å²) in [5.74, 6) is 0.0833. The maximum atomic E-state index is 12.0. The van der Waals surface area contributed by atoms with E-state index in [1.165, 1.54) is 35.8 Å². The van der Waals surface area contributed by atoms with Crippen molar-refractivity contribution in [2.75, 3.05) is 6.61 Å². The van der Waals surface area contributed by atoms with Crippen molar-refractivity contribution in [3.63, 3.8) is 0 Å². The number of benzene rings is 3. The summed E-state index contributed by atoms with van der Waals surface area (Å²) in [7, 11) is 0. The first-order valence-corrected chi connectivity index (χ1v) is 12.5. The number of non-ortho nitro benzene ring substituents is 1. The molecular weight excluding hydrogens is 518 g/mol. The lowest BCUT2D eigenvalue weighted by Crippen LogP contribution is -2.24. The minimum absolute atomic E-state index is 0.0494. The van der Waals surface area contributed by atoms with E-state index in [2.05, 4.69) is 15.5 Å². The molecular formula is C24H19N5O6S2. The molecule has 4 rings (SSSR count). The number of nitro groups is 2. The van der Waals surface area contributed by atoms with E-state index in [4.69, 9.17) is 4.74 Å². The summed E-state index contributed by atoms with van der Waals surface area (Å²) >= 11 is 2.30. The fourth-order valence-corrected chi connectivity index (χ4v) is 5.31. The molecule has 0 saturated heterocycles. The molecule has 0 bridgehead atoms. The Balaban J connectivity index is 1.39. The summed E-state index contributed by atoms with van der Waals surface area (Å²) in [6.45, 7) is 1.81. The highest BCUT2D eigenvalue weighted by Crippen LogP contribution is 2.39. The number of rotatable bonds is 10. The quantitative estimate of drug-likeness (QED) is 0.161. The number of carbonyl (C=O) groups excluding carboxylic acids is 1. The number of nitro benzene ring substituents is 2. The van der Waals surface area contributed by atoms with Gasteiger partial charge < -0.3 is 4.74 Å². The molecule has 1 heterocycles.